The molecule has 0 aliphatic heterocycles. The van der Waals surface area contributed by atoms with Crippen molar-refractivity contribution < 1.29 is 9.66 Å². The fourth-order valence-electron chi connectivity index (χ4n) is 2.86. The summed E-state index contributed by atoms with van der Waals surface area (Å²) in [5, 5.41) is 11.5. The Morgan fingerprint density at radius 2 is 1.71 bits per heavy atom. The quantitative estimate of drug-likeness (QED) is 0.693. The number of benzene rings is 2. The first-order chi connectivity index (χ1) is 10.1. The van der Waals surface area contributed by atoms with Crippen LogP contribution in [0.25, 0.3) is 5.70 Å². The summed E-state index contributed by atoms with van der Waals surface area (Å²) in [5.41, 5.74) is 8.56. The Bertz CT molecular complexity index is 753. The molecule has 3 rings (SSSR count). The maximum atomic E-state index is 11.5. The molecular weight excluding hydrogens is 268 g/mol. The van der Waals surface area contributed by atoms with Crippen molar-refractivity contribution in [2.24, 2.45) is 5.73 Å². The number of nitrogens with zero attached hydrogens (tertiary/aromatic N) is 1. The molecule has 2 N–H and O–H groups in total. The molecule has 1 atom stereocenters. The minimum atomic E-state index is -0.507. The molecule has 0 bridgehead atoms. The van der Waals surface area contributed by atoms with E-state index < -0.39 is 10.8 Å². The van der Waals surface area contributed by atoms with Crippen molar-refractivity contribution in [1.29, 1.82) is 0 Å². The second kappa shape index (κ2) is 4.94. The molecule has 0 radical (unpaired) electrons. The number of fused-ring (bicyclic) bond motifs is 1. The molecule has 0 saturated heterocycles. The van der Waals surface area contributed by atoms with Gasteiger partial charge in [-0.15, -0.1) is 0 Å². The third-order valence-corrected chi connectivity index (χ3v) is 3.76. The summed E-state index contributed by atoms with van der Waals surface area (Å²) in [4.78, 5) is 11.1. The Morgan fingerprint density at radius 3 is 2.38 bits per heavy atom. The zero-order valence-corrected chi connectivity index (χ0v) is 11.4. The van der Waals surface area contributed by atoms with Crippen LogP contribution in [0.3, 0.4) is 0 Å². The lowest BCUT2D eigenvalue weighted by Gasteiger charge is -2.15. The molecule has 0 amide bonds. The smallest absolute Gasteiger partial charge is 0.281 e. The van der Waals surface area contributed by atoms with E-state index in [0.29, 0.717) is 5.75 Å². The number of nitro groups is 1. The summed E-state index contributed by atoms with van der Waals surface area (Å²) in [6.07, 6.45) is 0. The van der Waals surface area contributed by atoms with E-state index in [4.69, 9.17) is 10.5 Å². The van der Waals surface area contributed by atoms with E-state index in [1.807, 2.05) is 42.5 Å². The highest BCUT2D eigenvalue weighted by molar-refractivity contribution is 5.77. The number of methoxy groups -OCH3 is 1. The minimum absolute atomic E-state index is 0.0145. The van der Waals surface area contributed by atoms with Gasteiger partial charge in [0.25, 0.3) is 5.70 Å². The third-order valence-electron chi connectivity index (χ3n) is 3.76. The van der Waals surface area contributed by atoms with Gasteiger partial charge in [-0.2, -0.15) is 0 Å². The van der Waals surface area contributed by atoms with E-state index in [1.165, 1.54) is 0 Å². The Balaban J connectivity index is 2.27. The Labute approximate surface area is 121 Å². The van der Waals surface area contributed by atoms with Gasteiger partial charge in [-0.05, 0) is 11.6 Å². The van der Waals surface area contributed by atoms with E-state index in [0.717, 1.165) is 16.7 Å². The van der Waals surface area contributed by atoms with Crippen LogP contribution >= 0.6 is 0 Å². The van der Waals surface area contributed by atoms with Crippen molar-refractivity contribution in [3.05, 3.63) is 81.0 Å². The van der Waals surface area contributed by atoms with Gasteiger partial charge in [-0.1, -0.05) is 42.5 Å². The van der Waals surface area contributed by atoms with Crippen LogP contribution in [-0.2, 0) is 0 Å². The van der Waals surface area contributed by atoms with Crippen molar-refractivity contribution in [2.45, 2.75) is 5.92 Å². The molecule has 0 aromatic heterocycles. The number of hydrogen-bond donors (Lipinski definition) is 1. The molecule has 5 heteroatoms. The van der Waals surface area contributed by atoms with E-state index in [9.17, 15) is 10.1 Å². The topological polar surface area (TPSA) is 78.4 Å². The highest BCUT2D eigenvalue weighted by atomic mass is 16.6. The van der Waals surface area contributed by atoms with Gasteiger partial charge in [0.1, 0.15) is 17.4 Å². The largest absolute Gasteiger partial charge is 0.496 e. The van der Waals surface area contributed by atoms with Crippen molar-refractivity contribution in [1.82, 2.24) is 0 Å². The zero-order valence-electron chi connectivity index (χ0n) is 11.4. The number of ether oxygens (including phenoxy) is 1. The highest BCUT2D eigenvalue weighted by Crippen LogP contribution is 2.46. The minimum Gasteiger partial charge on any atom is -0.496 e. The summed E-state index contributed by atoms with van der Waals surface area (Å²) in [5.74, 6) is 0.110. The Hall–Kier alpha value is -2.82. The molecule has 1 aliphatic carbocycles. The number of nitrogens with two attached hydrogens (primary N) is 1. The second-order valence-electron chi connectivity index (χ2n) is 4.82. The fraction of sp³-hybridized carbons (Fsp3) is 0.125. The van der Waals surface area contributed by atoms with Crippen LogP contribution in [0.1, 0.15) is 22.6 Å². The fourth-order valence-corrected chi connectivity index (χ4v) is 2.86. The summed E-state index contributed by atoms with van der Waals surface area (Å²) in [6.45, 7) is 0. The van der Waals surface area contributed by atoms with Crippen molar-refractivity contribution in [3.63, 3.8) is 0 Å². The van der Waals surface area contributed by atoms with E-state index in [1.54, 1.807) is 13.2 Å². The van der Waals surface area contributed by atoms with Crippen LogP contribution in [0, 0.1) is 10.1 Å². The maximum absolute atomic E-state index is 11.5. The molecule has 21 heavy (non-hydrogen) atoms. The van der Waals surface area contributed by atoms with Gasteiger partial charge >= 0.3 is 0 Å². The molecule has 0 heterocycles. The summed E-state index contributed by atoms with van der Waals surface area (Å²) in [6, 6.07) is 14.7. The highest BCUT2D eigenvalue weighted by Gasteiger charge is 2.40. The molecule has 2 aromatic carbocycles. The first-order valence-corrected chi connectivity index (χ1v) is 6.51. The number of para-hydroxylation sites is 1. The van der Waals surface area contributed by atoms with Crippen LogP contribution in [0.4, 0.5) is 0 Å². The molecule has 1 aliphatic rings. The number of allylic oxidation sites excluding steroid dienone is 1. The Kier molecular flexibility index (Phi) is 3.10. The molecule has 0 fully saturated rings. The normalized spacial score (nSPS) is 16.7. The van der Waals surface area contributed by atoms with Gasteiger partial charge in [-0.3, -0.25) is 10.1 Å². The van der Waals surface area contributed by atoms with Crippen LogP contribution in [0.15, 0.2) is 54.2 Å². The van der Waals surface area contributed by atoms with Gasteiger partial charge in [0.05, 0.1) is 12.0 Å². The van der Waals surface area contributed by atoms with Crippen LogP contribution in [0.5, 0.6) is 5.75 Å². The molecule has 0 spiro atoms. The average molecular weight is 282 g/mol. The maximum Gasteiger partial charge on any atom is 0.281 e. The standard InChI is InChI=1S/C16H14N2O3/c1-21-13-9-5-4-8-12(13)14-10-6-2-3-7-11(10)15(17)16(14)18(19)20/h2-9,14H,17H2,1H3. The lowest BCUT2D eigenvalue weighted by molar-refractivity contribution is -0.427. The van der Waals surface area contributed by atoms with Crippen molar-refractivity contribution in [3.8, 4) is 5.75 Å². The number of rotatable bonds is 3. The lowest BCUT2D eigenvalue weighted by atomic mass is 9.91. The van der Waals surface area contributed by atoms with Crippen LogP contribution in [0.2, 0.25) is 0 Å². The monoisotopic (exact) mass is 282 g/mol. The van der Waals surface area contributed by atoms with E-state index >= 15 is 0 Å². The molecule has 1 unspecified atom stereocenters. The molecule has 0 saturated carbocycles. The van der Waals surface area contributed by atoms with Crippen molar-refractivity contribution in [2.75, 3.05) is 7.11 Å². The van der Waals surface area contributed by atoms with Crippen molar-refractivity contribution >= 4 is 5.70 Å². The number of hydrogen-bond acceptors (Lipinski definition) is 4. The summed E-state index contributed by atoms with van der Waals surface area (Å²) in [7, 11) is 1.55. The molecular formula is C16H14N2O3. The first-order valence-electron chi connectivity index (χ1n) is 6.51. The van der Waals surface area contributed by atoms with Crippen LogP contribution in [-0.4, -0.2) is 12.0 Å². The predicted molar refractivity (Wildman–Crippen MR) is 79.4 cm³/mol. The van der Waals surface area contributed by atoms with Gasteiger partial charge in [0.15, 0.2) is 0 Å². The molecule has 5 nitrogen and oxygen atoms in total. The predicted octanol–water partition coefficient (Wildman–Crippen LogP) is 2.74. The summed E-state index contributed by atoms with van der Waals surface area (Å²) < 4.78 is 5.35. The van der Waals surface area contributed by atoms with Crippen LogP contribution < -0.4 is 10.5 Å². The van der Waals surface area contributed by atoms with Gasteiger partial charge in [0, 0.05) is 11.1 Å². The summed E-state index contributed by atoms with van der Waals surface area (Å²) >= 11 is 0. The third kappa shape index (κ3) is 1.94. The van der Waals surface area contributed by atoms with E-state index in [2.05, 4.69) is 0 Å². The first kappa shape index (κ1) is 13.2. The molecule has 2 aromatic rings. The SMILES string of the molecule is COc1ccccc1C1C([N+](=O)[O-])=C(N)c2ccccc21. The molecule has 106 valence electrons. The lowest BCUT2D eigenvalue weighted by Crippen LogP contribution is -2.11. The second-order valence-corrected chi connectivity index (χ2v) is 4.82. The van der Waals surface area contributed by atoms with Gasteiger partial charge in [-0.25, -0.2) is 0 Å². The van der Waals surface area contributed by atoms with Gasteiger partial charge < -0.3 is 10.5 Å². The van der Waals surface area contributed by atoms with Gasteiger partial charge in [0.2, 0.25) is 0 Å². The zero-order chi connectivity index (χ0) is 15.0. The average Bonchev–Trinajstić information content (AvgIpc) is 2.81. The van der Waals surface area contributed by atoms with E-state index in [-0.39, 0.29) is 11.4 Å². The Morgan fingerprint density at radius 1 is 1.10 bits per heavy atom.